The fraction of sp³-hybridized carbons (Fsp3) is 0.111. The maximum Gasteiger partial charge on any atom is 0.176 e. The van der Waals surface area contributed by atoms with E-state index in [9.17, 15) is 0 Å². The third-order valence-corrected chi connectivity index (χ3v) is 3.06. The van der Waals surface area contributed by atoms with Gasteiger partial charge in [0.2, 0.25) is 0 Å². The summed E-state index contributed by atoms with van der Waals surface area (Å²) in [5.74, 6) is 1.34. The number of hydrogen-bond donors (Lipinski definition) is 1. The number of thiophene rings is 1. The van der Waals surface area contributed by atoms with Gasteiger partial charge in [-0.25, -0.2) is 19.6 Å². The highest BCUT2D eigenvalue weighted by molar-refractivity contribution is 7.17. The highest BCUT2D eigenvalue weighted by Gasteiger charge is 2.08. The Kier molecular flexibility index (Phi) is 2.12. The van der Waals surface area contributed by atoms with E-state index in [0.717, 1.165) is 16.0 Å². The lowest BCUT2D eigenvalue weighted by Crippen LogP contribution is -2.02. The predicted octanol–water partition coefficient (Wildman–Crippen LogP) is 0.731. The largest absolute Gasteiger partial charge is 0.324 e. The minimum atomic E-state index is 0.325. The van der Waals surface area contributed by atoms with Gasteiger partial charge in [0.05, 0.1) is 16.8 Å². The highest BCUT2D eigenvalue weighted by Crippen LogP contribution is 2.23. The molecule has 0 atom stereocenters. The zero-order valence-electron chi connectivity index (χ0n) is 8.24. The van der Waals surface area contributed by atoms with Crippen molar-refractivity contribution in [2.75, 3.05) is 0 Å². The average molecular weight is 232 g/mol. The molecule has 0 fully saturated rings. The van der Waals surface area contributed by atoms with E-state index in [1.165, 1.54) is 6.33 Å². The summed E-state index contributed by atoms with van der Waals surface area (Å²) >= 11 is 1.58. The van der Waals surface area contributed by atoms with Crippen LogP contribution in [0, 0.1) is 0 Å². The smallest absolute Gasteiger partial charge is 0.176 e. The normalized spacial score (nSPS) is 11.1. The van der Waals surface area contributed by atoms with Crippen molar-refractivity contribution in [2.24, 2.45) is 5.73 Å². The van der Waals surface area contributed by atoms with Crippen molar-refractivity contribution in [3.05, 3.63) is 29.9 Å². The molecule has 0 amide bonds. The van der Waals surface area contributed by atoms with E-state index >= 15 is 0 Å². The fourth-order valence-corrected chi connectivity index (χ4v) is 2.26. The van der Waals surface area contributed by atoms with Gasteiger partial charge < -0.3 is 5.73 Å². The molecule has 0 saturated carbocycles. The minimum absolute atomic E-state index is 0.325. The Labute approximate surface area is 94.8 Å². The number of rotatable bonds is 2. The molecule has 3 aromatic heterocycles. The zero-order valence-corrected chi connectivity index (χ0v) is 9.05. The second-order valence-corrected chi connectivity index (χ2v) is 4.06. The topological polar surface area (TPSA) is 82.5 Å². The summed E-state index contributed by atoms with van der Waals surface area (Å²) in [5.41, 5.74) is 6.38. The van der Waals surface area contributed by atoms with Gasteiger partial charge in [0.15, 0.2) is 11.6 Å². The molecule has 0 spiro atoms. The SMILES string of the molecule is NCc1ncn(-c2ncnc3ccsc23)n1. The van der Waals surface area contributed by atoms with Crippen molar-refractivity contribution in [3.8, 4) is 5.82 Å². The van der Waals surface area contributed by atoms with E-state index < -0.39 is 0 Å². The Morgan fingerprint density at radius 2 is 2.25 bits per heavy atom. The first-order valence-corrected chi connectivity index (χ1v) is 5.55. The van der Waals surface area contributed by atoms with Crippen LogP contribution in [0.3, 0.4) is 0 Å². The summed E-state index contributed by atoms with van der Waals surface area (Å²) in [6.45, 7) is 0.325. The van der Waals surface area contributed by atoms with Crippen LogP contribution in [0.2, 0.25) is 0 Å². The van der Waals surface area contributed by atoms with Crippen LogP contribution in [0.15, 0.2) is 24.1 Å². The molecule has 0 aromatic carbocycles. The van der Waals surface area contributed by atoms with Crippen LogP contribution in [0.1, 0.15) is 5.82 Å². The van der Waals surface area contributed by atoms with Gasteiger partial charge in [0.1, 0.15) is 12.7 Å². The molecule has 0 unspecified atom stereocenters. The number of hydrogen-bond acceptors (Lipinski definition) is 6. The van der Waals surface area contributed by atoms with Gasteiger partial charge in [-0.05, 0) is 11.4 Å². The molecular formula is C9H8N6S. The van der Waals surface area contributed by atoms with Crippen molar-refractivity contribution in [2.45, 2.75) is 6.54 Å². The Morgan fingerprint density at radius 1 is 1.31 bits per heavy atom. The highest BCUT2D eigenvalue weighted by atomic mass is 32.1. The molecule has 3 aromatic rings. The van der Waals surface area contributed by atoms with Gasteiger partial charge in [0.25, 0.3) is 0 Å². The van der Waals surface area contributed by atoms with E-state index in [1.807, 2.05) is 11.4 Å². The van der Waals surface area contributed by atoms with Crippen LogP contribution in [0.25, 0.3) is 16.0 Å². The lowest BCUT2D eigenvalue weighted by Gasteiger charge is -1.99. The van der Waals surface area contributed by atoms with Crippen molar-refractivity contribution in [3.63, 3.8) is 0 Å². The molecule has 80 valence electrons. The number of nitrogens with two attached hydrogens (primary N) is 1. The van der Waals surface area contributed by atoms with Crippen LogP contribution in [-0.2, 0) is 6.54 Å². The predicted molar refractivity (Wildman–Crippen MR) is 60.2 cm³/mol. The molecule has 2 N–H and O–H groups in total. The summed E-state index contributed by atoms with van der Waals surface area (Å²) in [6, 6.07) is 1.95. The van der Waals surface area contributed by atoms with Crippen LogP contribution in [-0.4, -0.2) is 24.7 Å². The third-order valence-electron chi connectivity index (χ3n) is 2.16. The molecule has 0 aliphatic rings. The Morgan fingerprint density at radius 3 is 3.06 bits per heavy atom. The van der Waals surface area contributed by atoms with Gasteiger partial charge in [-0.15, -0.1) is 16.4 Å². The monoisotopic (exact) mass is 232 g/mol. The molecule has 6 nitrogen and oxygen atoms in total. The van der Waals surface area contributed by atoms with E-state index in [-0.39, 0.29) is 0 Å². The quantitative estimate of drug-likeness (QED) is 0.704. The van der Waals surface area contributed by atoms with Crippen LogP contribution in [0.5, 0.6) is 0 Å². The molecule has 0 bridgehead atoms. The molecule has 0 radical (unpaired) electrons. The summed E-state index contributed by atoms with van der Waals surface area (Å²) in [6.07, 6.45) is 3.14. The van der Waals surface area contributed by atoms with E-state index in [4.69, 9.17) is 5.73 Å². The third kappa shape index (κ3) is 1.37. The molecule has 3 rings (SSSR count). The average Bonchev–Trinajstić information content (AvgIpc) is 2.97. The summed E-state index contributed by atoms with van der Waals surface area (Å²) < 4.78 is 2.62. The van der Waals surface area contributed by atoms with Crippen LogP contribution in [0.4, 0.5) is 0 Å². The Bertz CT molecular complexity index is 628. The maximum atomic E-state index is 5.47. The lowest BCUT2D eigenvalue weighted by atomic mass is 10.4. The van der Waals surface area contributed by atoms with Gasteiger partial charge in [-0.1, -0.05) is 0 Å². The first-order chi connectivity index (χ1) is 7.88. The molecule has 0 saturated heterocycles. The fourth-order valence-electron chi connectivity index (χ4n) is 1.43. The van der Waals surface area contributed by atoms with Crippen molar-refractivity contribution in [1.29, 1.82) is 0 Å². The second-order valence-electron chi connectivity index (χ2n) is 3.14. The van der Waals surface area contributed by atoms with Crippen molar-refractivity contribution in [1.82, 2.24) is 24.7 Å². The maximum absolute atomic E-state index is 5.47. The van der Waals surface area contributed by atoms with Crippen molar-refractivity contribution >= 4 is 21.6 Å². The number of aromatic nitrogens is 5. The van der Waals surface area contributed by atoms with E-state index in [1.54, 1.807) is 22.3 Å². The Balaban J connectivity index is 2.21. The van der Waals surface area contributed by atoms with Gasteiger partial charge >= 0.3 is 0 Å². The molecule has 3 heterocycles. The number of nitrogens with zero attached hydrogens (tertiary/aromatic N) is 5. The molecule has 7 heteroatoms. The zero-order chi connectivity index (χ0) is 11.0. The van der Waals surface area contributed by atoms with Crippen LogP contribution >= 0.6 is 11.3 Å². The van der Waals surface area contributed by atoms with Gasteiger partial charge in [-0.2, -0.15) is 0 Å². The summed E-state index contributed by atoms with van der Waals surface area (Å²) in [4.78, 5) is 12.5. The molecular weight excluding hydrogens is 224 g/mol. The second kappa shape index (κ2) is 3.62. The van der Waals surface area contributed by atoms with E-state index in [0.29, 0.717) is 12.4 Å². The van der Waals surface area contributed by atoms with Gasteiger partial charge in [0, 0.05) is 0 Å². The Hall–Kier alpha value is -1.86. The molecule has 0 aliphatic carbocycles. The lowest BCUT2D eigenvalue weighted by molar-refractivity contribution is 0.813. The first-order valence-electron chi connectivity index (χ1n) is 4.67. The summed E-state index contributed by atoms with van der Waals surface area (Å²) in [5, 5.41) is 6.20. The molecule has 16 heavy (non-hydrogen) atoms. The molecule has 0 aliphatic heterocycles. The number of fused-ring (bicyclic) bond motifs is 1. The first kappa shape index (κ1) is 9.37. The van der Waals surface area contributed by atoms with Crippen molar-refractivity contribution < 1.29 is 0 Å². The standard InChI is InChI=1S/C9H8N6S/c10-3-7-13-5-15(14-7)9-8-6(1-2-16-8)11-4-12-9/h1-2,4-5H,3,10H2. The van der Waals surface area contributed by atoms with E-state index in [2.05, 4.69) is 20.1 Å². The minimum Gasteiger partial charge on any atom is -0.324 e. The van der Waals surface area contributed by atoms with Gasteiger partial charge in [-0.3, -0.25) is 0 Å². The van der Waals surface area contributed by atoms with Crippen LogP contribution < -0.4 is 5.73 Å². The summed E-state index contributed by atoms with van der Waals surface area (Å²) in [7, 11) is 0.